The van der Waals surface area contributed by atoms with Gasteiger partial charge in [-0.3, -0.25) is 9.59 Å². The summed E-state index contributed by atoms with van der Waals surface area (Å²) in [5, 5.41) is 25.5. The number of halogens is 3. The van der Waals surface area contributed by atoms with E-state index in [-0.39, 0.29) is 12.8 Å². The number of fused-ring (bicyclic) bond motifs is 1. The van der Waals surface area contributed by atoms with Crippen LogP contribution in [0.5, 0.6) is 0 Å². The molecule has 0 fully saturated rings. The van der Waals surface area contributed by atoms with Crippen LogP contribution >= 0.6 is 0 Å². The Labute approximate surface area is 218 Å². The fraction of sp³-hybridized carbons (Fsp3) is 0.357. The van der Waals surface area contributed by atoms with E-state index < -0.39 is 35.4 Å². The van der Waals surface area contributed by atoms with Crippen molar-refractivity contribution >= 4 is 17.5 Å². The highest BCUT2D eigenvalue weighted by molar-refractivity contribution is 6.04. The highest BCUT2D eigenvalue weighted by atomic mass is 19.4. The van der Waals surface area contributed by atoms with E-state index in [1.807, 2.05) is 37.3 Å². The largest absolute Gasteiger partial charge is 0.447 e. The van der Waals surface area contributed by atoms with Crippen LogP contribution in [-0.2, 0) is 28.2 Å². The van der Waals surface area contributed by atoms with E-state index in [0.717, 1.165) is 29.0 Å². The first-order valence-corrected chi connectivity index (χ1v) is 12.4. The molecular weight excluding hydrogens is 499 g/mol. The maximum atomic E-state index is 13.4. The van der Waals surface area contributed by atoms with Gasteiger partial charge in [0.15, 0.2) is 0 Å². The summed E-state index contributed by atoms with van der Waals surface area (Å²) >= 11 is 0. The Morgan fingerprint density at radius 3 is 2.53 bits per heavy atom. The van der Waals surface area contributed by atoms with Crippen molar-refractivity contribution in [1.29, 1.82) is 0 Å². The molecule has 1 atom stereocenters. The summed E-state index contributed by atoms with van der Waals surface area (Å²) in [6, 6.07) is 12.1. The molecule has 2 heterocycles. The van der Waals surface area contributed by atoms with Gasteiger partial charge in [-0.25, -0.2) is 0 Å². The van der Waals surface area contributed by atoms with Gasteiger partial charge in [0.2, 0.25) is 5.91 Å². The minimum absolute atomic E-state index is 0.134. The first kappa shape index (κ1) is 27.4. The van der Waals surface area contributed by atoms with Gasteiger partial charge in [-0.05, 0) is 54.2 Å². The number of rotatable bonds is 6. The van der Waals surface area contributed by atoms with Crippen LogP contribution in [0, 0.1) is 0 Å². The number of likely N-dealkylation sites (N-methyl/N-ethyl adjacent to an activating group) is 1. The van der Waals surface area contributed by atoms with Crippen LogP contribution in [0.3, 0.4) is 0 Å². The minimum Gasteiger partial charge on any atom is -0.384 e. The molecule has 0 spiro atoms. The van der Waals surface area contributed by atoms with Gasteiger partial charge in [-0.1, -0.05) is 43.3 Å². The fourth-order valence-electron chi connectivity index (χ4n) is 4.75. The van der Waals surface area contributed by atoms with E-state index in [4.69, 9.17) is 0 Å². The van der Waals surface area contributed by atoms with Crippen molar-refractivity contribution in [2.24, 2.45) is 0 Å². The molecule has 2 aromatic carbocycles. The molecule has 0 saturated carbocycles. The third kappa shape index (κ3) is 5.46. The van der Waals surface area contributed by atoms with Crippen molar-refractivity contribution in [3.8, 4) is 0 Å². The Balaban J connectivity index is 1.54. The number of anilines is 1. The number of aryl methyl sites for hydroxylation is 1. The molecule has 0 aromatic heterocycles. The van der Waals surface area contributed by atoms with E-state index in [0.29, 0.717) is 36.2 Å². The number of carbonyl (C=O) groups excluding carboxylic acids is 2. The summed E-state index contributed by atoms with van der Waals surface area (Å²) < 4.78 is 39.4. The van der Waals surface area contributed by atoms with E-state index in [2.05, 4.69) is 10.6 Å². The summed E-state index contributed by atoms with van der Waals surface area (Å²) in [6.07, 6.45) is -1.96. The maximum Gasteiger partial charge on any atom is 0.447 e. The monoisotopic (exact) mass is 529 g/mol. The average molecular weight is 530 g/mol. The second-order valence-corrected chi connectivity index (χ2v) is 9.53. The number of amides is 2. The Morgan fingerprint density at radius 2 is 1.87 bits per heavy atom. The lowest BCUT2D eigenvalue weighted by atomic mass is 9.97. The SMILES string of the molecule is CCC1=C(C(=O)NC2CCc3cc(C(O)(O)C(F)(F)F)ccc3N(C)C2=O)C=C(Cc2ccccc2)NC1. The van der Waals surface area contributed by atoms with Crippen molar-refractivity contribution in [2.75, 3.05) is 18.5 Å². The van der Waals surface area contributed by atoms with Gasteiger partial charge in [-0.15, -0.1) is 0 Å². The van der Waals surface area contributed by atoms with E-state index in [1.165, 1.54) is 18.0 Å². The number of nitrogens with zero attached hydrogens (tertiary/aromatic N) is 1. The molecule has 0 saturated heterocycles. The summed E-state index contributed by atoms with van der Waals surface area (Å²) in [5.41, 5.74) is 3.30. The molecule has 2 aromatic rings. The molecule has 0 radical (unpaired) electrons. The third-order valence-electron chi connectivity index (χ3n) is 7.01. The van der Waals surface area contributed by atoms with Crippen molar-refractivity contribution < 1.29 is 33.0 Å². The van der Waals surface area contributed by atoms with Crippen LogP contribution in [0.25, 0.3) is 0 Å². The molecule has 4 rings (SSSR count). The zero-order valence-corrected chi connectivity index (χ0v) is 21.1. The van der Waals surface area contributed by atoms with Crippen molar-refractivity contribution in [1.82, 2.24) is 10.6 Å². The first-order valence-electron chi connectivity index (χ1n) is 12.4. The van der Waals surface area contributed by atoms with Crippen LogP contribution in [0.4, 0.5) is 18.9 Å². The Bertz CT molecular complexity index is 1290. The topological polar surface area (TPSA) is 102 Å². The van der Waals surface area contributed by atoms with E-state index in [1.54, 1.807) is 6.08 Å². The van der Waals surface area contributed by atoms with Gasteiger partial charge < -0.3 is 25.7 Å². The van der Waals surface area contributed by atoms with Crippen molar-refractivity contribution in [2.45, 2.75) is 50.6 Å². The Kier molecular flexibility index (Phi) is 7.66. The molecule has 7 nitrogen and oxygen atoms in total. The van der Waals surface area contributed by atoms with Crippen LogP contribution in [0.15, 0.2) is 71.5 Å². The maximum absolute atomic E-state index is 13.4. The molecule has 0 aliphatic carbocycles. The number of alkyl halides is 3. The van der Waals surface area contributed by atoms with E-state index in [9.17, 15) is 33.0 Å². The average Bonchev–Trinajstić information content (AvgIpc) is 3.00. The predicted octanol–water partition coefficient (Wildman–Crippen LogP) is 3.22. The second-order valence-electron chi connectivity index (χ2n) is 9.53. The molecule has 202 valence electrons. The lowest BCUT2D eigenvalue weighted by molar-refractivity contribution is -0.358. The third-order valence-corrected chi connectivity index (χ3v) is 7.01. The molecule has 1 unspecified atom stereocenters. The number of carbonyl (C=O) groups is 2. The van der Waals surface area contributed by atoms with Gasteiger partial charge in [0.05, 0.1) is 0 Å². The number of nitrogens with one attached hydrogen (secondary N) is 2. The molecule has 38 heavy (non-hydrogen) atoms. The molecule has 4 N–H and O–H groups in total. The number of hydrogen-bond donors (Lipinski definition) is 4. The first-order chi connectivity index (χ1) is 17.9. The molecule has 0 bridgehead atoms. The number of hydrogen-bond acceptors (Lipinski definition) is 5. The molecular formula is C28H30F3N3O4. The van der Waals surface area contributed by atoms with Gasteiger partial charge in [0, 0.05) is 42.5 Å². The lowest BCUT2D eigenvalue weighted by Gasteiger charge is -2.27. The summed E-state index contributed by atoms with van der Waals surface area (Å²) in [7, 11) is 1.47. The molecule has 10 heteroatoms. The van der Waals surface area contributed by atoms with Crippen LogP contribution in [0.1, 0.15) is 36.5 Å². The van der Waals surface area contributed by atoms with Gasteiger partial charge in [0.1, 0.15) is 6.04 Å². The second kappa shape index (κ2) is 10.6. The van der Waals surface area contributed by atoms with E-state index >= 15 is 0 Å². The van der Waals surface area contributed by atoms with Crippen molar-refractivity contribution in [3.63, 3.8) is 0 Å². The normalized spacial score (nSPS) is 18.4. The van der Waals surface area contributed by atoms with Crippen LogP contribution in [-0.4, -0.2) is 47.8 Å². The lowest BCUT2D eigenvalue weighted by Crippen LogP contribution is -2.47. The van der Waals surface area contributed by atoms with Crippen LogP contribution < -0.4 is 15.5 Å². The molecule has 2 aliphatic heterocycles. The molecule has 2 amide bonds. The minimum atomic E-state index is -5.29. The van der Waals surface area contributed by atoms with Gasteiger partial charge in [-0.2, -0.15) is 13.2 Å². The zero-order chi connectivity index (χ0) is 27.7. The van der Waals surface area contributed by atoms with Gasteiger partial charge >= 0.3 is 6.18 Å². The highest BCUT2D eigenvalue weighted by Gasteiger charge is 2.54. The quantitative estimate of drug-likeness (QED) is 0.431. The smallest absolute Gasteiger partial charge is 0.384 e. The summed E-state index contributed by atoms with van der Waals surface area (Å²) in [6.45, 7) is 2.45. The standard InChI is InChI=1S/C28H30F3N3O4/c1-3-18-16-32-21(13-17-7-5-4-6-8-17)15-22(18)25(35)33-23-11-9-19-14-20(27(37,38)28(29,30)31)10-12-24(19)34(2)26(23)36/h4-8,10,12,14-15,23,32,37-38H,3,9,11,13,16H2,1-2H3,(H,33,35). The number of dihydropyridines is 1. The molecule has 2 aliphatic rings. The number of allylic oxidation sites excluding steroid dienone is 1. The van der Waals surface area contributed by atoms with Gasteiger partial charge in [0.25, 0.3) is 11.7 Å². The summed E-state index contributed by atoms with van der Waals surface area (Å²) in [5.74, 6) is -4.83. The Hall–Kier alpha value is -3.63. The van der Waals surface area contributed by atoms with Crippen LogP contribution in [0.2, 0.25) is 0 Å². The highest BCUT2D eigenvalue weighted by Crippen LogP contribution is 2.39. The summed E-state index contributed by atoms with van der Waals surface area (Å²) in [4.78, 5) is 27.8. The number of benzene rings is 2. The fourth-order valence-corrected chi connectivity index (χ4v) is 4.75. The predicted molar refractivity (Wildman–Crippen MR) is 136 cm³/mol. The number of aliphatic hydroxyl groups is 2. The zero-order valence-electron chi connectivity index (χ0n) is 21.1. The van der Waals surface area contributed by atoms with Crippen molar-refractivity contribution in [3.05, 3.63) is 88.1 Å². The Morgan fingerprint density at radius 1 is 1.16 bits per heavy atom.